The van der Waals surface area contributed by atoms with E-state index in [1.165, 1.54) is 24.8 Å². The highest BCUT2D eigenvalue weighted by molar-refractivity contribution is 5.50. The van der Waals surface area contributed by atoms with Crippen LogP contribution in [0.3, 0.4) is 0 Å². The van der Waals surface area contributed by atoms with Crippen molar-refractivity contribution >= 4 is 11.6 Å². The van der Waals surface area contributed by atoms with Gasteiger partial charge in [-0.05, 0) is 31.0 Å². The summed E-state index contributed by atoms with van der Waals surface area (Å²) < 4.78 is 10.9. The van der Waals surface area contributed by atoms with Crippen LogP contribution in [0.25, 0.3) is 0 Å². The molecule has 1 fully saturated rings. The summed E-state index contributed by atoms with van der Waals surface area (Å²) in [6.45, 7) is 10.4. The van der Waals surface area contributed by atoms with Gasteiger partial charge in [-0.15, -0.1) is 0 Å². The number of nitrogens with one attached hydrogen (secondary N) is 1. The molecular weight excluding hydrogens is 366 g/mol. The van der Waals surface area contributed by atoms with Crippen molar-refractivity contribution in [3.8, 4) is 11.5 Å². The van der Waals surface area contributed by atoms with Crippen LogP contribution in [-0.2, 0) is 6.54 Å². The predicted octanol–water partition coefficient (Wildman–Crippen LogP) is 3.44. The molecule has 7 nitrogen and oxygen atoms in total. The maximum Gasteiger partial charge on any atom is 0.231 e. The molecule has 2 aliphatic heterocycles. The number of rotatable bonds is 8. The number of benzene rings is 1. The Kier molecular flexibility index (Phi) is 6.34. The summed E-state index contributed by atoms with van der Waals surface area (Å²) in [6, 6.07) is 8.32. The van der Waals surface area contributed by atoms with Gasteiger partial charge in [-0.2, -0.15) is 0 Å². The van der Waals surface area contributed by atoms with Crippen molar-refractivity contribution in [2.24, 2.45) is 0 Å². The Balaban J connectivity index is 1.31. The van der Waals surface area contributed by atoms with Crippen molar-refractivity contribution in [3.63, 3.8) is 0 Å². The minimum Gasteiger partial charge on any atom is -0.454 e. The fourth-order valence-electron chi connectivity index (χ4n) is 3.83. The number of hydrogen-bond acceptors (Lipinski definition) is 7. The van der Waals surface area contributed by atoms with Crippen LogP contribution in [0.2, 0.25) is 0 Å². The molecule has 2 aromatic rings. The van der Waals surface area contributed by atoms with E-state index in [2.05, 4.69) is 50.2 Å². The molecular formula is C22H31N5O2. The SMILES string of the molecule is CCCCCNc1cc(N2CCN(Cc3ccc4c(c3)OCO4)CC2)nc(C)n1. The second-order valence-corrected chi connectivity index (χ2v) is 7.74. The third-order valence-electron chi connectivity index (χ3n) is 5.45. The molecule has 2 aliphatic rings. The monoisotopic (exact) mass is 397 g/mol. The first-order valence-corrected chi connectivity index (χ1v) is 10.7. The first kappa shape index (κ1) is 19.8. The fraction of sp³-hybridized carbons (Fsp3) is 0.545. The van der Waals surface area contributed by atoms with Gasteiger partial charge in [-0.1, -0.05) is 25.8 Å². The van der Waals surface area contributed by atoms with E-state index in [0.29, 0.717) is 6.79 Å². The Morgan fingerprint density at radius 1 is 1.00 bits per heavy atom. The van der Waals surface area contributed by atoms with Gasteiger partial charge < -0.3 is 19.7 Å². The number of ether oxygens (including phenoxy) is 2. The molecule has 7 heteroatoms. The Bertz CT molecular complexity index is 821. The molecule has 1 N–H and O–H groups in total. The van der Waals surface area contributed by atoms with Gasteiger partial charge >= 0.3 is 0 Å². The maximum atomic E-state index is 5.50. The van der Waals surface area contributed by atoms with Crippen LogP contribution >= 0.6 is 0 Å². The number of hydrogen-bond donors (Lipinski definition) is 1. The first-order valence-electron chi connectivity index (χ1n) is 10.7. The summed E-state index contributed by atoms with van der Waals surface area (Å²) in [6.07, 6.45) is 3.65. The second-order valence-electron chi connectivity index (χ2n) is 7.74. The van der Waals surface area contributed by atoms with Gasteiger partial charge in [0.2, 0.25) is 6.79 Å². The minimum atomic E-state index is 0.325. The first-order chi connectivity index (χ1) is 14.2. The van der Waals surface area contributed by atoms with Crippen LogP contribution in [0.4, 0.5) is 11.6 Å². The Morgan fingerprint density at radius 2 is 1.83 bits per heavy atom. The van der Waals surface area contributed by atoms with Crippen molar-refractivity contribution in [2.75, 3.05) is 49.7 Å². The molecule has 0 amide bonds. The molecule has 0 spiro atoms. The molecule has 1 saturated heterocycles. The van der Waals surface area contributed by atoms with Gasteiger partial charge in [0.1, 0.15) is 17.5 Å². The lowest BCUT2D eigenvalue weighted by atomic mass is 10.1. The molecule has 0 aliphatic carbocycles. The van der Waals surface area contributed by atoms with Crippen LogP contribution in [0.5, 0.6) is 11.5 Å². The van der Waals surface area contributed by atoms with Crippen molar-refractivity contribution in [1.82, 2.24) is 14.9 Å². The van der Waals surface area contributed by atoms with Crippen molar-refractivity contribution in [2.45, 2.75) is 39.7 Å². The molecule has 4 rings (SSSR count). The highest BCUT2D eigenvalue weighted by atomic mass is 16.7. The molecule has 0 unspecified atom stereocenters. The smallest absolute Gasteiger partial charge is 0.231 e. The van der Waals surface area contributed by atoms with E-state index >= 15 is 0 Å². The Labute approximate surface area is 173 Å². The Hall–Kier alpha value is -2.54. The number of nitrogens with zero attached hydrogens (tertiary/aromatic N) is 4. The number of unbranched alkanes of at least 4 members (excludes halogenated alkanes) is 2. The zero-order valence-corrected chi connectivity index (χ0v) is 17.5. The van der Waals surface area contributed by atoms with E-state index in [9.17, 15) is 0 Å². The number of aromatic nitrogens is 2. The van der Waals surface area contributed by atoms with E-state index in [1.54, 1.807) is 0 Å². The fourth-order valence-corrected chi connectivity index (χ4v) is 3.83. The van der Waals surface area contributed by atoms with E-state index in [0.717, 1.165) is 68.2 Å². The van der Waals surface area contributed by atoms with Crippen LogP contribution < -0.4 is 19.7 Å². The molecule has 1 aromatic carbocycles. The predicted molar refractivity (Wildman–Crippen MR) is 115 cm³/mol. The zero-order chi connectivity index (χ0) is 20.1. The number of piperazine rings is 1. The molecule has 156 valence electrons. The minimum absolute atomic E-state index is 0.325. The van der Waals surface area contributed by atoms with Crippen LogP contribution in [0.1, 0.15) is 37.6 Å². The average Bonchev–Trinajstić information content (AvgIpc) is 3.19. The molecule has 3 heterocycles. The number of aryl methyl sites for hydroxylation is 1. The lowest BCUT2D eigenvalue weighted by Crippen LogP contribution is -2.46. The summed E-state index contributed by atoms with van der Waals surface area (Å²) in [5.41, 5.74) is 1.26. The van der Waals surface area contributed by atoms with Crippen LogP contribution in [0.15, 0.2) is 24.3 Å². The molecule has 29 heavy (non-hydrogen) atoms. The van der Waals surface area contributed by atoms with Crippen molar-refractivity contribution < 1.29 is 9.47 Å². The van der Waals surface area contributed by atoms with Crippen LogP contribution in [0, 0.1) is 6.92 Å². The molecule has 0 atom stereocenters. The van der Waals surface area contributed by atoms with Crippen molar-refractivity contribution in [3.05, 3.63) is 35.7 Å². The highest BCUT2D eigenvalue weighted by Gasteiger charge is 2.20. The van der Waals surface area contributed by atoms with E-state index in [1.807, 2.05) is 13.0 Å². The van der Waals surface area contributed by atoms with E-state index in [-0.39, 0.29) is 0 Å². The van der Waals surface area contributed by atoms with E-state index < -0.39 is 0 Å². The van der Waals surface area contributed by atoms with Gasteiger partial charge in [-0.25, -0.2) is 9.97 Å². The third kappa shape index (κ3) is 5.09. The molecule has 0 bridgehead atoms. The average molecular weight is 398 g/mol. The largest absolute Gasteiger partial charge is 0.454 e. The van der Waals surface area contributed by atoms with Gasteiger partial charge in [0.05, 0.1) is 0 Å². The topological polar surface area (TPSA) is 62.8 Å². The third-order valence-corrected chi connectivity index (χ3v) is 5.45. The highest BCUT2D eigenvalue weighted by Crippen LogP contribution is 2.33. The molecule has 0 radical (unpaired) electrons. The van der Waals surface area contributed by atoms with Gasteiger partial charge in [0.15, 0.2) is 11.5 Å². The quantitative estimate of drug-likeness (QED) is 0.685. The summed E-state index contributed by atoms with van der Waals surface area (Å²) in [5, 5.41) is 3.45. The van der Waals surface area contributed by atoms with Gasteiger partial charge in [0, 0.05) is 45.3 Å². The lowest BCUT2D eigenvalue weighted by Gasteiger charge is -2.35. The lowest BCUT2D eigenvalue weighted by molar-refractivity contribution is 0.174. The van der Waals surface area contributed by atoms with Gasteiger partial charge in [0.25, 0.3) is 0 Å². The van der Waals surface area contributed by atoms with E-state index in [4.69, 9.17) is 9.47 Å². The maximum absolute atomic E-state index is 5.50. The number of anilines is 2. The summed E-state index contributed by atoms with van der Waals surface area (Å²) in [5.74, 6) is 4.49. The summed E-state index contributed by atoms with van der Waals surface area (Å²) in [4.78, 5) is 14.1. The zero-order valence-electron chi connectivity index (χ0n) is 17.5. The van der Waals surface area contributed by atoms with Crippen molar-refractivity contribution in [1.29, 1.82) is 0 Å². The number of fused-ring (bicyclic) bond motifs is 1. The normalized spacial score (nSPS) is 16.3. The molecule has 0 saturated carbocycles. The van der Waals surface area contributed by atoms with Gasteiger partial charge in [-0.3, -0.25) is 4.90 Å². The standard InChI is InChI=1S/C22H31N5O2/c1-3-4-5-8-23-21-14-22(25-17(2)24-21)27-11-9-26(10-12-27)15-18-6-7-19-20(13-18)29-16-28-19/h6-7,13-14H,3-5,8-12,15-16H2,1-2H3,(H,23,24,25). The summed E-state index contributed by atoms with van der Waals surface area (Å²) in [7, 11) is 0. The second kappa shape index (κ2) is 9.31. The Morgan fingerprint density at radius 3 is 2.66 bits per heavy atom. The van der Waals surface area contributed by atoms with Crippen LogP contribution in [-0.4, -0.2) is 54.4 Å². The molecule has 1 aromatic heterocycles. The summed E-state index contributed by atoms with van der Waals surface area (Å²) >= 11 is 0.